The lowest BCUT2D eigenvalue weighted by molar-refractivity contribution is -0.171. The van der Waals surface area contributed by atoms with Gasteiger partial charge in [-0.2, -0.15) is 11.3 Å². The van der Waals surface area contributed by atoms with Crippen molar-refractivity contribution in [2.45, 2.75) is 83.1 Å². The van der Waals surface area contributed by atoms with E-state index in [4.69, 9.17) is 28.4 Å². The van der Waals surface area contributed by atoms with Crippen molar-refractivity contribution in [3.63, 3.8) is 0 Å². The zero-order valence-electron chi connectivity index (χ0n) is 33.3. The summed E-state index contributed by atoms with van der Waals surface area (Å²) in [5, 5.41) is 14.0. The van der Waals surface area contributed by atoms with Crippen molar-refractivity contribution in [3.8, 4) is 23.0 Å². The number of aliphatic hydroxyl groups is 1. The van der Waals surface area contributed by atoms with Gasteiger partial charge in [0.1, 0.15) is 0 Å². The largest absolute Gasteiger partial charge is 0.493 e. The predicted molar refractivity (Wildman–Crippen MR) is 213 cm³/mol. The van der Waals surface area contributed by atoms with Crippen molar-refractivity contribution in [3.05, 3.63) is 80.7 Å². The van der Waals surface area contributed by atoms with Crippen LogP contribution in [0.3, 0.4) is 0 Å². The Morgan fingerprint density at radius 3 is 2.22 bits per heavy atom. The summed E-state index contributed by atoms with van der Waals surface area (Å²) in [7, 11) is 6.75. The average molecular weight is 775 g/mol. The number of fused-ring (bicyclic) bond motifs is 4. The number of carbonyl (C=O) groups excluding carboxylic acids is 1. The number of methoxy groups -OCH3 is 4. The second kappa shape index (κ2) is 17.6. The van der Waals surface area contributed by atoms with Crippen LogP contribution in [0.15, 0.2) is 52.9 Å². The highest BCUT2D eigenvalue weighted by molar-refractivity contribution is 7.08. The molecule has 0 bridgehead atoms. The number of amides is 1. The highest BCUT2D eigenvalue weighted by Gasteiger charge is 2.44. The number of thiophene rings is 1. The molecule has 1 saturated heterocycles. The first-order valence-electron chi connectivity index (χ1n) is 20.0. The number of hydrogen-bond donors (Lipinski definition) is 1. The van der Waals surface area contributed by atoms with Crippen molar-refractivity contribution in [2.24, 2.45) is 17.8 Å². The maximum atomic E-state index is 15.1. The molecular formula is C44H58N2O8S. The van der Waals surface area contributed by atoms with Crippen molar-refractivity contribution >= 4 is 17.2 Å². The summed E-state index contributed by atoms with van der Waals surface area (Å²) in [6.07, 6.45) is 7.33. The molecule has 7 atom stereocenters. The van der Waals surface area contributed by atoms with Crippen molar-refractivity contribution in [1.29, 1.82) is 0 Å². The Balaban J connectivity index is 1.26. The lowest BCUT2D eigenvalue weighted by atomic mass is 9.72. The monoisotopic (exact) mass is 774 g/mol. The Kier molecular flexibility index (Phi) is 12.6. The van der Waals surface area contributed by atoms with Crippen LogP contribution in [0.4, 0.5) is 0 Å². The van der Waals surface area contributed by atoms with Crippen molar-refractivity contribution in [1.82, 2.24) is 9.80 Å². The van der Waals surface area contributed by atoms with E-state index >= 15 is 4.79 Å². The van der Waals surface area contributed by atoms with E-state index in [-0.39, 0.29) is 36.4 Å². The molecule has 55 heavy (non-hydrogen) atoms. The minimum absolute atomic E-state index is 0.0275. The van der Waals surface area contributed by atoms with Gasteiger partial charge in [0.25, 0.3) is 5.91 Å². The predicted octanol–water partition coefficient (Wildman–Crippen LogP) is 7.69. The first-order chi connectivity index (χ1) is 26.8. The molecule has 11 heteroatoms. The molecule has 4 aliphatic heterocycles. The minimum Gasteiger partial charge on any atom is -0.493 e. The zero-order chi connectivity index (χ0) is 38.6. The summed E-state index contributed by atoms with van der Waals surface area (Å²) in [5.41, 5.74) is 6.08. The van der Waals surface area contributed by atoms with Gasteiger partial charge in [-0.05, 0) is 132 Å². The van der Waals surface area contributed by atoms with Crippen molar-refractivity contribution in [2.75, 3.05) is 61.3 Å². The summed E-state index contributed by atoms with van der Waals surface area (Å²) in [4.78, 5) is 19.8. The molecule has 1 amide bonds. The number of hydrogen-bond acceptors (Lipinski definition) is 10. The fourth-order valence-corrected chi connectivity index (χ4v) is 10.5. The van der Waals surface area contributed by atoms with E-state index in [1.54, 1.807) is 39.8 Å². The number of carbonyl (C=O) groups is 1. The van der Waals surface area contributed by atoms with Crippen LogP contribution in [0.25, 0.3) is 0 Å². The van der Waals surface area contributed by atoms with Crippen LogP contribution in [-0.4, -0.2) is 88.4 Å². The molecule has 2 aromatic carbocycles. The smallest absolute Gasteiger partial charge is 0.289 e. The number of allylic oxidation sites excluding steroid dienone is 1. The highest BCUT2D eigenvalue weighted by atomic mass is 32.1. The Bertz CT molecular complexity index is 1810. The van der Waals surface area contributed by atoms with Crippen LogP contribution in [-0.2, 0) is 27.1 Å². The second-order valence-corrected chi connectivity index (χ2v) is 16.1. The van der Waals surface area contributed by atoms with Gasteiger partial charge in [-0.15, -0.1) is 0 Å². The highest BCUT2D eigenvalue weighted by Crippen LogP contribution is 2.50. The summed E-state index contributed by atoms with van der Waals surface area (Å²) in [6, 6.07) is 10.7. The standard InChI is InChI=1S/C44H58N2O8S/c1-7-27-25-45-14-11-28-20-38(49-3)40(51-5)23-34(28)36(45)18-31(27)19-37-35-24-41(52-6)39(50-4)21-29(35)12-15-46(37)43(48)42-22-33(30-13-17-55-26-30)32(10-9-16-47)44(54-42)53-8-2/h13,17,20-24,26-27,31-33,36-37,44,47H,7-12,14-16,18-19,25H2,1-6H3/t27-,31+,32+,33+,36-,37+,44-/m0/s1. The molecule has 298 valence electrons. The van der Waals surface area contributed by atoms with Gasteiger partial charge >= 0.3 is 0 Å². The van der Waals surface area contributed by atoms with Crippen LogP contribution < -0.4 is 18.9 Å². The normalized spacial score (nSPS) is 26.2. The molecule has 1 N–H and O–H groups in total. The Labute approximate surface area is 330 Å². The molecular weight excluding hydrogens is 717 g/mol. The number of ether oxygens (including phenoxy) is 6. The van der Waals surface area contributed by atoms with Crippen molar-refractivity contribution < 1.29 is 38.3 Å². The van der Waals surface area contributed by atoms with Gasteiger partial charge in [0.15, 0.2) is 28.8 Å². The molecule has 0 radical (unpaired) electrons. The van der Waals surface area contributed by atoms with E-state index in [0.29, 0.717) is 55.1 Å². The lowest BCUT2D eigenvalue weighted by Gasteiger charge is -2.49. The van der Waals surface area contributed by atoms with E-state index in [9.17, 15) is 5.11 Å². The number of piperidine rings is 1. The summed E-state index contributed by atoms with van der Waals surface area (Å²) < 4.78 is 35.9. The van der Waals surface area contributed by atoms with E-state index in [2.05, 4.69) is 57.8 Å². The third-order valence-corrected chi connectivity index (χ3v) is 13.3. The number of rotatable bonds is 14. The topological polar surface area (TPSA) is 99.2 Å². The molecule has 10 nitrogen and oxygen atoms in total. The summed E-state index contributed by atoms with van der Waals surface area (Å²) >= 11 is 1.65. The maximum Gasteiger partial charge on any atom is 0.289 e. The van der Waals surface area contributed by atoms with Gasteiger partial charge in [-0.25, -0.2) is 0 Å². The molecule has 5 heterocycles. The van der Waals surface area contributed by atoms with Gasteiger partial charge in [0.2, 0.25) is 6.29 Å². The first kappa shape index (κ1) is 39.5. The number of nitrogens with zero attached hydrogens (tertiary/aromatic N) is 2. The summed E-state index contributed by atoms with van der Waals surface area (Å²) in [6.45, 7) is 7.40. The summed E-state index contributed by atoms with van der Waals surface area (Å²) in [5.74, 6) is 3.87. The average Bonchev–Trinajstić information content (AvgIpc) is 3.76. The number of benzene rings is 2. The zero-order valence-corrected chi connectivity index (χ0v) is 34.1. The molecule has 1 aromatic heterocycles. The fourth-order valence-electron chi connectivity index (χ4n) is 9.81. The molecule has 0 saturated carbocycles. The van der Waals surface area contributed by atoms with Gasteiger partial charge in [-0.3, -0.25) is 9.69 Å². The Hall–Kier alpha value is -3.77. The van der Waals surface area contributed by atoms with Crippen LogP contribution in [0.5, 0.6) is 23.0 Å². The van der Waals surface area contributed by atoms with Gasteiger partial charge in [-0.1, -0.05) is 13.3 Å². The van der Waals surface area contributed by atoms with E-state index in [1.165, 1.54) is 16.7 Å². The molecule has 0 spiro atoms. The van der Waals surface area contributed by atoms with Crippen LogP contribution in [0.2, 0.25) is 0 Å². The van der Waals surface area contributed by atoms with E-state index < -0.39 is 6.29 Å². The minimum atomic E-state index is -0.596. The van der Waals surface area contributed by atoms with Crippen LogP contribution in [0.1, 0.15) is 91.8 Å². The van der Waals surface area contributed by atoms with Gasteiger partial charge in [0, 0.05) is 50.7 Å². The van der Waals surface area contributed by atoms with Crippen LogP contribution >= 0.6 is 11.3 Å². The van der Waals surface area contributed by atoms with Gasteiger partial charge in [0.05, 0.1) is 34.5 Å². The second-order valence-electron chi connectivity index (χ2n) is 15.3. The van der Waals surface area contributed by atoms with Crippen LogP contribution in [0, 0.1) is 17.8 Å². The van der Waals surface area contributed by atoms with E-state index in [0.717, 1.165) is 67.8 Å². The van der Waals surface area contributed by atoms with Gasteiger partial charge < -0.3 is 38.4 Å². The molecule has 1 fully saturated rings. The third-order valence-electron chi connectivity index (χ3n) is 12.6. The maximum absolute atomic E-state index is 15.1. The molecule has 3 aromatic rings. The molecule has 4 aliphatic rings. The number of aliphatic hydroxyl groups excluding tert-OH is 1. The third kappa shape index (κ3) is 7.82. The fraction of sp³-hybridized carbons (Fsp3) is 0.568. The SMILES string of the molecule is CCO[C@H]1OC(C(=O)N2CCc3cc(OC)c(OC)cc3[C@H]2C[C@H]2C[C@H]3c4cc(OC)c(OC)cc4CCN3C[C@@H]2CC)=C[C@H](c2ccsc2)[C@H]1CCCO. The first-order valence-corrected chi connectivity index (χ1v) is 21.0. The van der Waals surface area contributed by atoms with E-state index in [1.807, 2.05) is 13.0 Å². The lowest BCUT2D eigenvalue weighted by Crippen LogP contribution is -2.48. The molecule has 0 aliphatic carbocycles. The quantitative estimate of drug-likeness (QED) is 0.177. The molecule has 0 unspecified atom stereocenters. The Morgan fingerprint density at radius 1 is 0.909 bits per heavy atom. The Morgan fingerprint density at radius 2 is 1.58 bits per heavy atom. The molecule has 7 rings (SSSR count).